The summed E-state index contributed by atoms with van der Waals surface area (Å²) in [4.78, 5) is 12.2. The van der Waals surface area contributed by atoms with Crippen LogP contribution in [-0.4, -0.2) is 29.2 Å². The molecule has 6 fully saturated rings. The van der Waals surface area contributed by atoms with E-state index in [0.29, 0.717) is 41.8 Å². The van der Waals surface area contributed by atoms with Gasteiger partial charge in [0.25, 0.3) is 0 Å². The lowest BCUT2D eigenvalue weighted by Crippen LogP contribution is -2.65. The largest absolute Gasteiger partial charge is 0.389 e. The second-order valence-corrected chi connectivity index (χ2v) is 11.5. The van der Waals surface area contributed by atoms with Gasteiger partial charge in [0.05, 0.1) is 11.2 Å². The minimum Gasteiger partial charge on any atom is -0.389 e. The van der Waals surface area contributed by atoms with Crippen molar-refractivity contribution < 1.29 is 14.6 Å². The van der Waals surface area contributed by atoms with Crippen LogP contribution in [-0.2, 0) is 9.53 Å². The number of hydrogen-bond acceptors (Lipinski definition) is 3. The molecule has 6 saturated carbocycles. The molecule has 11 unspecified atom stereocenters. The van der Waals surface area contributed by atoms with E-state index in [1.807, 2.05) is 7.11 Å². The number of methoxy groups -OCH3 is 1. The number of aliphatic hydroxyl groups is 1. The van der Waals surface area contributed by atoms with E-state index in [4.69, 9.17) is 4.74 Å². The van der Waals surface area contributed by atoms with Crippen LogP contribution in [0.4, 0.5) is 0 Å². The minimum absolute atomic E-state index is 0.0366. The van der Waals surface area contributed by atoms with Gasteiger partial charge < -0.3 is 9.84 Å². The third-order valence-electron chi connectivity index (χ3n) is 11.3. The van der Waals surface area contributed by atoms with Crippen molar-refractivity contribution in [1.29, 1.82) is 0 Å². The summed E-state index contributed by atoms with van der Waals surface area (Å²) in [5, 5.41) is 11.8. The predicted octanol–water partition coefficient (Wildman–Crippen LogP) is 3.83. The Kier molecular flexibility index (Phi) is 2.82. The highest BCUT2D eigenvalue weighted by Crippen LogP contribution is 2.81. The summed E-state index contributed by atoms with van der Waals surface area (Å²) in [6, 6.07) is 0. The molecule has 26 heavy (non-hydrogen) atoms. The summed E-state index contributed by atoms with van der Waals surface area (Å²) in [6.45, 7) is 7.26. The van der Waals surface area contributed by atoms with E-state index < -0.39 is 5.60 Å². The maximum absolute atomic E-state index is 12.2. The summed E-state index contributed by atoms with van der Waals surface area (Å²) < 4.78 is 6.23. The quantitative estimate of drug-likeness (QED) is 0.775. The molecule has 3 heteroatoms. The van der Waals surface area contributed by atoms with Crippen molar-refractivity contribution in [2.45, 2.75) is 76.9 Å². The summed E-state index contributed by atoms with van der Waals surface area (Å²) in [5.41, 5.74) is -0.441. The van der Waals surface area contributed by atoms with Crippen LogP contribution in [0.15, 0.2) is 0 Å². The molecule has 0 aliphatic heterocycles. The monoisotopic (exact) mass is 358 g/mol. The number of ketones is 1. The van der Waals surface area contributed by atoms with Crippen molar-refractivity contribution >= 4 is 5.78 Å². The van der Waals surface area contributed by atoms with Crippen LogP contribution in [0, 0.1) is 52.3 Å². The first-order valence-electron chi connectivity index (χ1n) is 11.0. The molecule has 1 N–H and O–H groups in total. The summed E-state index contributed by atoms with van der Waals surface area (Å²) in [5.74, 6) is 5.06. The van der Waals surface area contributed by atoms with E-state index in [-0.39, 0.29) is 11.0 Å². The molecule has 144 valence electrons. The number of carbonyl (C=O) groups is 1. The maximum atomic E-state index is 12.2. The molecule has 0 spiro atoms. The van der Waals surface area contributed by atoms with Crippen molar-refractivity contribution in [2.75, 3.05) is 7.11 Å². The van der Waals surface area contributed by atoms with Gasteiger partial charge >= 0.3 is 0 Å². The fourth-order valence-electron chi connectivity index (χ4n) is 9.64. The third-order valence-corrected chi connectivity index (χ3v) is 11.3. The highest BCUT2D eigenvalue weighted by Gasteiger charge is 2.80. The van der Waals surface area contributed by atoms with Crippen LogP contribution in [0.3, 0.4) is 0 Å². The van der Waals surface area contributed by atoms with Gasteiger partial charge in [0.1, 0.15) is 5.78 Å². The summed E-state index contributed by atoms with van der Waals surface area (Å²) >= 11 is 0. The molecule has 0 amide bonds. The van der Waals surface area contributed by atoms with E-state index in [0.717, 1.165) is 36.5 Å². The lowest BCUT2D eigenvalue weighted by Gasteiger charge is -2.64. The molecule has 0 aromatic rings. The van der Waals surface area contributed by atoms with Crippen molar-refractivity contribution in [1.82, 2.24) is 0 Å². The average molecular weight is 359 g/mol. The van der Waals surface area contributed by atoms with E-state index >= 15 is 0 Å². The van der Waals surface area contributed by atoms with Gasteiger partial charge in [-0.05, 0) is 85.9 Å². The Balaban J connectivity index is 1.44. The fourth-order valence-corrected chi connectivity index (χ4v) is 9.64. The van der Waals surface area contributed by atoms with Crippen LogP contribution in [0.1, 0.15) is 65.7 Å². The Morgan fingerprint density at radius 1 is 1.00 bits per heavy atom. The van der Waals surface area contributed by atoms with Crippen LogP contribution in [0.2, 0.25) is 0 Å². The number of rotatable bonds is 1. The third kappa shape index (κ3) is 1.50. The Bertz CT molecular complexity index is 704. The lowest BCUT2D eigenvalue weighted by atomic mass is 9.42. The first kappa shape index (κ1) is 16.5. The number of hydrogen-bond donors (Lipinski definition) is 1. The van der Waals surface area contributed by atoms with E-state index in [2.05, 4.69) is 20.8 Å². The van der Waals surface area contributed by atoms with Crippen molar-refractivity contribution in [3.8, 4) is 0 Å². The fraction of sp³-hybridized carbons (Fsp3) is 0.957. The van der Waals surface area contributed by atoms with Crippen LogP contribution in [0.25, 0.3) is 0 Å². The lowest BCUT2D eigenvalue weighted by molar-refractivity contribution is -0.223. The molecule has 6 aliphatic rings. The molecule has 0 heterocycles. The Morgan fingerprint density at radius 3 is 2.46 bits per heavy atom. The van der Waals surface area contributed by atoms with Gasteiger partial charge in [-0.1, -0.05) is 13.8 Å². The van der Waals surface area contributed by atoms with Crippen molar-refractivity contribution in [3.05, 3.63) is 0 Å². The number of Topliss-reactive ketones (excluding diaryl/α,β-unsaturated/α-hetero) is 1. The van der Waals surface area contributed by atoms with Gasteiger partial charge in [0, 0.05) is 25.4 Å². The zero-order valence-corrected chi connectivity index (χ0v) is 16.8. The molecule has 0 aromatic heterocycles. The first-order valence-corrected chi connectivity index (χ1v) is 11.0. The molecular formula is C23H34O3. The molecule has 3 nitrogen and oxygen atoms in total. The van der Waals surface area contributed by atoms with Gasteiger partial charge in [-0.25, -0.2) is 0 Å². The topological polar surface area (TPSA) is 46.5 Å². The normalized spacial score (nSPS) is 67.6. The van der Waals surface area contributed by atoms with Gasteiger partial charge in [0.2, 0.25) is 0 Å². The second-order valence-electron chi connectivity index (χ2n) is 11.5. The van der Waals surface area contributed by atoms with E-state index in [1.54, 1.807) is 0 Å². The molecule has 6 rings (SSSR count). The second kappa shape index (κ2) is 4.43. The standard InChI is InChI=1S/C23H34O3/c1-20-7-5-12(24)11-23(20,25)17-9-13(17)18-15(20)6-8-21(2)19(18)14-10-16(14)22(21,3)26-4/h13-19,25H,5-11H2,1-4H3. The zero-order chi connectivity index (χ0) is 18.3. The van der Waals surface area contributed by atoms with Crippen molar-refractivity contribution in [3.63, 3.8) is 0 Å². The number of fused-ring (bicyclic) bond motifs is 10. The SMILES string of the molecule is COC1(C)C2CC2C2C3C4CC4C4(O)CC(=O)CCC4(C)C3CCC21C. The van der Waals surface area contributed by atoms with Gasteiger partial charge in [-0.2, -0.15) is 0 Å². The molecule has 0 aromatic carbocycles. The molecule has 0 saturated heterocycles. The predicted molar refractivity (Wildman–Crippen MR) is 98.3 cm³/mol. The molecule has 11 atom stereocenters. The van der Waals surface area contributed by atoms with E-state index in [1.165, 1.54) is 19.3 Å². The summed E-state index contributed by atoms with van der Waals surface area (Å²) in [6.07, 6.45) is 6.98. The number of carbonyl (C=O) groups excluding carboxylic acids is 1. The van der Waals surface area contributed by atoms with Crippen LogP contribution >= 0.6 is 0 Å². The van der Waals surface area contributed by atoms with Gasteiger partial charge in [-0.15, -0.1) is 0 Å². The molecule has 0 radical (unpaired) electrons. The zero-order valence-electron chi connectivity index (χ0n) is 16.8. The number of ether oxygens (including phenoxy) is 1. The van der Waals surface area contributed by atoms with Crippen LogP contribution in [0.5, 0.6) is 0 Å². The Labute approximate surface area is 157 Å². The molecular weight excluding hydrogens is 324 g/mol. The minimum atomic E-state index is -0.714. The van der Waals surface area contributed by atoms with Crippen molar-refractivity contribution in [2.24, 2.45) is 52.3 Å². The van der Waals surface area contributed by atoms with Gasteiger partial charge in [0.15, 0.2) is 0 Å². The first-order chi connectivity index (χ1) is 12.2. The summed E-state index contributed by atoms with van der Waals surface area (Å²) in [7, 11) is 1.93. The highest BCUT2D eigenvalue weighted by molar-refractivity contribution is 5.81. The maximum Gasteiger partial charge on any atom is 0.135 e. The smallest absolute Gasteiger partial charge is 0.135 e. The average Bonchev–Trinajstić information content (AvgIpc) is 3.49. The van der Waals surface area contributed by atoms with Crippen LogP contribution < -0.4 is 0 Å². The molecule has 6 aliphatic carbocycles. The Hall–Kier alpha value is -0.410. The highest BCUT2D eigenvalue weighted by atomic mass is 16.5. The van der Waals surface area contributed by atoms with Gasteiger partial charge in [-0.3, -0.25) is 4.79 Å². The Morgan fingerprint density at radius 2 is 1.73 bits per heavy atom. The molecule has 0 bridgehead atoms. The van der Waals surface area contributed by atoms with E-state index in [9.17, 15) is 9.90 Å².